The molecule has 9 nitrogen and oxygen atoms in total. The average molecular weight is 300 g/mol. The molecule has 0 aromatic carbocycles. The normalized spacial score (nSPS) is 29.6. The zero-order valence-electron chi connectivity index (χ0n) is 13.2. The fourth-order valence-electron chi connectivity index (χ4n) is 2.22. The van der Waals surface area contributed by atoms with Gasteiger partial charge >= 0.3 is 11.9 Å². The minimum Gasteiger partial charge on any atom is -0.456 e. The number of anilines is 1. The number of esters is 2. The third-order valence-electron chi connectivity index (χ3n) is 3.02. The van der Waals surface area contributed by atoms with Crippen LogP contribution in [-0.4, -0.2) is 46.3 Å². The minimum atomic E-state index is -1.05. The summed E-state index contributed by atoms with van der Waals surface area (Å²) >= 11 is 0. The van der Waals surface area contributed by atoms with Crippen LogP contribution in [0.2, 0.25) is 0 Å². The van der Waals surface area contributed by atoms with Crippen LogP contribution in [0.15, 0.2) is 12.5 Å². The minimum absolute atomic E-state index is 0.00399. The summed E-state index contributed by atoms with van der Waals surface area (Å²) in [5.74, 6) is -1.36. The Balaban J connectivity index is 2.31. The van der Waals surface area contributed by atoms with Gasteiger partial charge in [0, 0.05) is 23.1 Å². The van der Waals surface area contributed by atoms with Crippen molar-refractivity contribution >= 4 is 17.8 Å². The van der Waals surface area contributed by atoms with E-state index in [9.17, 15) is 9.59 Å². The number of nitrogen functional groups attached to an aromatic ring is 1. The van der Waals surface area contributed by atoms with Crippen LogP contribution < -0.4 is 11.5 Å². The van der Waals surface area contributed by atoms with E-state index in [2.05, 4.69) is 4.98 Å². The Morgan fingerprint density at radius 2 is 2.10 bits per heavy atom. The van der Waals surface area contributed by atoms with Gasteiger partial charge in [-0.2, -0.15) is 0 Å². The van der Waals surface area contributed by atoms with Crippen LogP contribution >= 0.6 is 0 Å². The number of aromatic nitrogens is 2. The van der Waals surface area contributed by atoms with Gasteiger partial charge < -0.3 is 25.7 Å². The quantitative estimate of drug-likeness (QED) is 0.690. The number of nitrogens with zero attached hydrogens (tertiary/aromatic N) is 2. The summed E-state index contributed by atoms with van der Waals surface area (Å²) in [5.41, 5.74) is 11.4. The van der Waals surface area contributed by atoms with Crippen molar-refractivity contribution in [3.8, 4) is 0 Å². The molecule has 1 aromatic heterocycles. The smallest absolute Gasteiger partial charge is 0.303 e. The molecule has 2 rings (SSSR count). The van der Waals surface area contributed by atoms with Crippen LogP contribution in [0.1, 0.15) is 22.8 Å². The summed E-state index contributed by atoms with van der Waals surface area (Å²) in [6.45, 7) is -1.20. The van der Waals surface area contributed by atoms with Crippen molar-refractivity contribution in [2.75, 3.05) is 12.3 Å². The van der Waals surface area contributed by atoms with E-state index >= 15 is 0 Å². The second-order valence-electron chi connectivity index (χ2n) is 4.44. The molecule has 116 valence electrons. The van der Waals surface area contributed by atoms with E-state index in [-0.39, 0.29) is 12.4 Å². The lowest BCUT2D eigenvalue weighted by atomic mass is 10.1. The van der Waals surface area contributed by atoms with Crippen molar-refractivity contribution in [2.24, 2.45) is 5.73 Å². The van der Waals surface area contributed by atoms with Crippen LogP contribution in [0.4, 0.5) is 5.82 Å². The van der Waals surface area contributed by atoms with Gasteiger partial charge in [-0.15, -0.1) is 0 Å². The van der Waals surface area contributed by atoms with Crippen molar-refractivity contribution < 1.29 is 26.5 Å². The van der Waals surface area contributed by atoms with Gasteiger partial charge in [0.2, 0.25) is 0 Å². The highest BCUT2D eigenvalue weighted by atomic mass is 16.6. The van der Waals surface area contributed by atoms with E-state index in [0.29, 0.717) is 0 Å². The predicted octanol–water partition coefficient (Wildman–Crippen LogP) is -0.815. The molecule has 0 amide bonds. The number of carbonyl (C=O) groups is 2. The molecule has 0 radical (unpaired) electrons. The predicted molar refractivity (Wildman–Crippen MR) is 70.7 cm³/mol. The molecule has 9 heteroatoms. The van der Waals surface area contributed by atoms with Gasteiger partial charge in [-0.05, 0) is 0 Å². The Bertz CT molecular complexity index is 569. The second-order valence-corrected chi connectivity index (χ2v) is 4.44. The van der Waals surface area contributed by atoms with E-state index in [4.69, 9.17) is 28.4 Å². The summed E-state index contributed by atoms with van der Waals surface area (Å²) in [6.07, 6.45) is -0.934. The molecule has 1 fully saturated rings. The highest BCUT2D eigenvalue weighted by Gasteiger charge is 2.49. The molecule has 1 aliphatic rings. The van der Waals surface area contributed by atoms with Gasteiger partial charge in [0.05, 0.1) is 12.5 Å². The van der Waals surface area contributed by atoms with Crippen LogP contribution in [-0.2, 0) is 23.8 Å². The molecule has 1 unspecified atom stereocenters. The summed E-state index contributed by atoms with van der Waals surface area (Å²) in [7, 11) is 0. The molecular formula is C12H18N4O5. The van der Waals surface area contributed by atoms with Crippen LogP contribution in [0.3, 0.4) is 0 Å². The van der Waals surface area contributed by atoms with E-state index < -0.39 is 50.3 Å². The topological polar surface area (TPSA) is 132 Å². The first-order chi connectivity index (χ1) is 11.0. The summed E-state index contributed by atoms with van der Waals surface area (Å²) < 4.78 is 31.6. The number of hydrogen-bond donors (Lipinski definition) is 2. The molecule has 1 aromatic rings. The van der Waals surface area contributed by atoms with Crippen molar-refractivity contribution in [2.45, 2.75) is 38.3 Å². The number of carbonyl (C=O) groups excluding carboxylic acids is 2. The van der Waals surface area contributed by atoms with E-state index in [1.54, 1.807) is 0 Å². The Hall–Kier alpha value is -2.13. The monoisotopic (exact) mass is 300 g/mol. The van der Waals surface area contributed by atoms with Crippen molar-refractivity contribution in [3.63, 3.8) is 0 Å². The number of imidazole rings is 1. The van der Waals surface area contributed by atoms with Crippen LogP contribution in [0.25, 0.3) is 0 Å². The lowest BCUT2D eigenvalue weighted by molar-refractivity contribution is -0.165. The Morgan fingerprint density at radius 3 is 2.62 bits per heavy atom. The molecule has 1 saturated heterocycles. The Morgan fingerprint density at radius 1 is 1.43 bits per heavy atom. The number of ether oxygens (including phenoxy) is 3. The first-order valence-electron chi connectivity index (χ1n) is 7.53. The number of hydrogen-bond acceptors (Lipinski definition) is 8. The van der Waals surface area contributed by atoms with Crippen molar-refractivity contribution in [1.29, 1.82) is 0 Å². The first kappa shape index (κ1) is 12.6. The molecule has 0 bridgehead atoms. The molecule has 0 aliphatic carbocycles. The second kappa shape index (κ2) is 6.10. The van der Waals surface area contributed by atoms with Gasteiger partial charge in [0.1, 0.15) is 11.9 Å². The lowest BCUT2D eigenvalue weighted by Gasteiger charge is -2.23. The Kier molecular flexibility index (Phi) is 3.66. The maximum atomic E-state index is 11.5. The first-order valence-corrected chi connectivity index (χ1v) is 6.12. The van der Waals surface area contributed by atoms with Gasteiger partial charge in [0.25, 0.3) is 0 Å². The number of nitrogens with two attached hydrogens (primary N) is 2. The van der Waals surface area contributed by atoms with E-state index in [0.717, 1.165) is 0 Å². The standard InChI is InChI=1S/C12H18N4O5/c1-6(17)19-10-8(3-13)21-12(11(10)20-7(2)18)16-5-15-4-9(16)14/h4-5,8,10-12H,3,13-14H2,1-2H3/t8-,10-,11-,12?/m1/s1/i1D,2D. The molecule has 21 heavy (non-hydrogen) atoms. The Labute approximate surface area is 124 Å². The van der Waals surface area contributed by atoms with Gasteiger partial charge in [-0.3, -0.25) is 14.2 Å². The largest absolute Gasteiger partial charge is 0.456 e. The van der Waals surface area contributed by atoms with Gasteiger partial charge in [0.15, 0.2) is 18.4 Å². The highest BCUT2D eigenvalue weighted by molar-refractivity contribution is 5.67. The fourth-order valence-corrected chi connectivity index (χ4v) is 2.22. The summed E-state index contributed by atoms with van der Waals surface area (Å²) in [6, 6.07) is 0. The third kappa shape index (κ3) is 3.14. The summed E-state index contributed by atoms with van der Waals surface area (Å²) in [5, 5.41) is 0. The van der Waals surface area contributed by atoms with Gasteiger partial charge in [-0.25, -0.2) is 4.98 Å². The molecule has 2 heterocycles. The molecule has 4 atom stereocenters. The third-order valence-corrected chi connectivity index (χ3v) is 3.02. The van der Waals surface area contributed by atoms with Crippen LogP contribution in [0.5, 0.6) is 0 Å². The maximum absolute atomic E-state index is 11.5. The SMILES string of the molecule is [2H]CC(=O)O[C@@H]1[C@@H](CN)OC(n2cncc2N)[C@@H]1OC(=O)C[2H]. The number of rotatable bonds is 4. The fraction of sp³-hybridized carbons (Fsp3) is 0.583. The van der Waals surface area contributed by atoms with E-state index in [1.165, 1.54) is 17.1 Å². The maximum Gasteiger partial charge on any atom is 0.303 e. The molecule has 1 aliphatic heterocycles. The van der Waals surface area contributed by atoms with Gasteiger partial charge in [-0.1, -0.05) is 0 Å². The van der Waals surface area contributed by atoms with Crippen LogP contribution in [0, 0.1) is 0 Å². The molecule has 0 saturated carbocycles. The van der Waals surface area contributed by atoms with E-state index in [1.807, 2.05) is 0 Å². The molecular weight excluding hydrogens is 280 g/mol. The lowest BCUT2D eigenvalue weighted by Crippen LogP contribution is -2.41. The summed E-state index contributed by atoms with van der Waals surface area (Å²) in [4.78, 5) is 26.9. The zero-order chi connectivity index (χ0) is 17.0. The highest BCUT2D eigenvalue weighted by Crippen LogP contribution is 2.34. The van der Waals surface area contributed by atoms with Crippen molar-refractivity contribution in [3.05, 3.63) is 12.5 Å². The average Bonchev–Trinajstić information content (AvgIpc) is 3.11. The molecule has 4 N–H and O–H groups in total. The molecule has 0 spiro atoms. The van der Waals surface area contributed by atoms with Crippen molar-refractivity contribution in [1.82, 2.24) is 9.55 Å². The zero-order valence-corrected chi connectivity index (χ0v) is 11.2.